The number of carbonyl (C=O) groups is 2. The minimum Gasteiger partial charge on any atom is -0.444 e. The van der Waals surface area contributed by atoms with Gasteiger partial charge in [0.15, 0.2) is 0 Å². The highest BCUT2D eigenvalue weighted by Crippen LogP contribution is 2.32. The maximum atomic E-state index is 13.0. The van der Waals surface area contributed by atoms with Crippen molar-refractivity contribution in [3.05, 3.63) is 0 Å². The van der Waals surface area contributed by atoms with Gasteiger partial charge in [-0.25, -0.2) is 22.4 Å². The molecule has 2 heterocycles. The van der Waals surface area contributed by atoms with Crippen molar-refractivity contribution in [2.45, 2.75) is 121 Å². The van der Waals surface area contributed by atoms with Crippen molar-refractivity contribution < 1.29 is 31.9 Å². The maximum absolute atomic E-state index is 13.0. The summed E-state index contributed by atoms with van der Waals surface area (Å²) in [5.74, 6) is -4.57. The van der Waals surface area contributed by atoms with Crippen molar-refractivity contribution in [3.8, 4) is 0 Å². The van der Waals surface area contributed by atoms with E-state index in [2.05, 4.69) is 10.6 Å². The van der Waals surface area contributed by atoms with Crippen molar-refractivity contribution in [3.63, 3.8) is 0 Å². The van der Waals surface area contributed by atoms with Gasteiger partial charge < -0.3 is 21.1 Å². The average Bonchev–Trinajstić information content (AvgIpc) is 3.34. The van der Waals surface area contributed by atoms with Gasteiger partial charge in [-0.15, -0.1) is 24.8 Å². The van der Waals surface area contributed by atoms with Crippen LogP contribution in [0.25, 0.3) is 0 Å². The summed E-state index contributed by atoms with van der Waals surface area (Å²) in [5.41, 5.74) is 5.32. The Morgan fingerprint density at radius 3 is 1.97 bits per heavy atom. The monoisotopic (exact) mass is 596 g/mol. The Kier molecular flexibility index (Phi) is 16.0. The average molecular weight is 598 g/mol. The third-order valence-corrected chi connectivity index (χ3v) is 6.77. The van der Waals surface area contributed by atoms with Gasteiger partial charge in [-0.3, -0.25) is 9.69 Å². The Hall–Kier alpha value is -0.880. The molecular weight excluding hydrogens is 551 g/mol. The number of Topliss-reactive ketones (excluding diaryl/α,β-unsaturated/α-hetero) is 1. The Morgan fingerprint density at radius 2 is 1.58 bits per heavy atom. The molecule has 0 aromatic heterocycles. The fourth-order valence-electron chi connectivity index (χ4n) is 4.73. The summed E-state index contributed by atoms with van der Waals surface area (Å²) < 4.78 is 54.8. The lowest BCUT2D eigenvalue weighted by atomic mass is 9.91. The lowest BCUT2D eigenvalue weighted by Crippen LogP contribution is -2.40. The van der Waals surface area contributed by atoms with Crippen LogP contribution < -0.4 is 16.4 Å². The molecule has 38 heavy (non-hydrogen) atoms. The Bertz CT molecular complexity index is 703. The number of likely N-dealkylation sites (tertiary alicyclic amines) is 1. The number of nitrogens with one attached hydrogen (secondary N) is 2. The minimum atomic E-state index is -2.44. The molecule has 0 radical (unpaired) electrons. The smallest absolute Gasteiger partial charge is 0.407 e. The Labute approximate surface area is 236 Å². The number of ether oxygens (including phenoxy) is 1. The molecule has 2 aliphatic carbocycles. The molecule has 1 amide bonds. The van der Waals surface area contributed by atoms with Gasteiger partial charge in [-0.1, -0.05) is 0 Å². The molecule has 0 spiro atoms. The number of alkyl halides is 4. The molecule has 226 valence electrons. The zero-order valence-electron chi connectivity index (χ0n) is 22.7. The fraction of sp³-hybridized carbons (Fsp3) is 0.920. The van der Waals surface area contributed by atoms with E-state index in [4.69, 9.17) is 10.5 Å². The van der Waals surface area contributed by atoms with Crippen molar-refractivity contribution in [2.75, 3.05) is 26.2 Å². The van der Waals surface area contributed by atoms with E-state index in [1.54, 1.807) is 0 Å². The lowest BCUT2D eigenvalue weighted by molar-refractivity contribution is -0.120. The van der Waals surface area contributed by atoms with Crippen LogP contribution in [0.5, 0.6) is 0 Å². The minimum absolute atomic E-state index is 0. The first-order chi connectivity index (χ1) is 16.6. The number of halogens is 6. The normalized spacial score (nSPS) is 26.9. The third-order valence-electron chi connectivity index (χ3n) is 6.77. The molecule has 0 unspecified atom stereocenters. The van der Waals surface area contributed by atoms with E-state index < -0.39 is 17.4 Å². The molecule has 0 aromatic rings. The van der Waals surface area contributed by atoms with Crippen LogP contribution in [0, 0.1) is 0 Å². The van der Waals surface area contributed by atoms with Crippen LogP contribution in [0.1, 0.15) is 85.0 Å². The molecule has 4 fully saturated rings. The number of alkyl carbamates (subject to hydrolysis) is 1. The summed E-state index contributed by atoms with van der Waals surface area (Å²) in [7, 11) is 0. The molecule has 13 heteroatoms. The summed E-state index contributed by atoms with van der Waals surface area (Å²) in [6.45, 7) is 6.35. The predicted molar refractivity (Wildman–Crippen MR) is 145 cm³/mol. The quantitative estimate of drug-likeness (QED) is 0.385. The topological polar surface area (TPSA) is 96.7 Å². The standard InChI is InChI=1S/C11H19NO3.C10H18F2N2.C4H7F2N.2ClH/c1-11(2,3)15-10(14)12-8-4-6-9(13)7-5-8;11-10(12)5-6-14(7-10)9-3-1-8(13)2-4-9;5-4(6)1-2-7-3-4;;/h8H,4-7H2,1-3H3,(H,12,14);8-9H,1-7,13H2;7H,1-3H2;2*1H. The van der Waals surface area contributed by atoms with Crippen molar-refractivity contribution in [2.24, 2.45) is 5.73 Å². The molecular formula is C25H46Cl2F4N4O3. The first-order valence-corrected chi connectivity index (χ1v) is 13.1. The summed E-state index contributed by atoms with van der Waals surface area (Å²) in [5, 5.41) is 5.35. The van der Waals surface area contributed by atoms with Crippen LogP contribution in [-0.4, -0.2) is 78.5 Å². The summed E-state index contributed by atoms with van der Waals surface area (Å²) in [6, 6.07) is 0.759. The predicted octanol–water partition coefficient (Wildman–Crippen LogP) is 5.08. The van der Waals surface area contributed by atoms with Crippen LogP contribution in [0.3, 0.4) is 0 Å². The van der Waals surface area contributed by atoms with Gasteiger partial charge >= 0.3 is 6.09 Å². The summed E-state index contributed by atoms with van der Waals surface area (Å²) in [6.07, 6.45) is 6.25. The molecule has 0 bridgehead atoms. The molecule has 2 saturated carbocycles. The Morgan fingerprint density at radius 1 is 1.00 bits per heavy atom. The van der Waals surface area contributed by atoms with Gasteiger partial charge in [0.1, 0.15) is 11.4 Å². The highest BCUT2D eigenvalue weighted by Gasteiger charge is 2.41. The van der Waals surface area contributed by atoms with E-state index in [9.17, 15) is 27.2 Å². The second kappa shape index (κ2) is 16.4. The highest BCUT2D eigenvalue weighted by molar-refractivity contribution is 5.85. The number of ketones is 1. The van der Waals surface area contributed by atoms with Crippen molar-refractivity contribution in [1.29, 1.82) is 0 Å². The molecule has 4 aliphatic rings. The fourth-order valence-corrected chi connectivity index (χ4v) is 4.73. The highest BCUT2D eigenvalue weighted by atomic mass is 35.5. The maximum Gasteiger partial charge on any atom is 0.407 e. The summed E-state index contributed by atoms with van der Waals surface area (Å²) >= 11 is 0. The third kappa shape index (κ3) is 15.1. The first-order valence-electron chi connectivity index (χ1n) is 13.1. The number of rotatable bonds is 2. The van der Waals surface area contributed by atoms with E-state index in [-0.39, 0.29) is 68.7 Å². The van der Waals surface area contributed by atoms with E-state index in [0.29, 0.717) is 38.0 Å². The largest absolute Gasteiger partial charge is 0.444 e. The van der Waals surface area contributed by atoms with E-state index >= 15 is 0 Å². The number of hydrogen-bond acceptors (Lipinski definition) is 6. The molecule has 0 atom stereocenters. The number of nitrogens with two attached hydrogens (primary N) is 1. The van der Waals surface area contributed by atoms with Crippen LogP contribution in [-0.2, 0) is 9.53 Å². The molecule has 4 N–H and O–H groups in total. The Balaban J connectivity index is 0.000000556. The van der Waals surface area contributed by atoms with Gasteiger partial charge in [0.25, 0.3) is 11.8 Å². The zero-order chi connectivity index (χ0) is 27.0. The first kappa shape index (κ1) is 37.1. The van der Waals surface area contributed by atoms with Gasteiger partial charge in [-0.2, -0.15) is 0 Å². The van der Waals surface area contributed by atoms with Crippen LogP contribution in [0.15, 0.2) is 0 Å². The van der Waals surface area contributed by atoms with Crippen molar-refractivity contribution in [1.82, 2.24) is 15.5 Å². The van der Waals surface area contributed by atoms with Gasteiger partial charge in [0.05, 0.1) is 13.1 Å². The summed E-state index contributed by atoms with van der Waals surface area (Å²) in [4.78, 5) is 24.3. The molecule has 7 nitrogen and oxygen atoms in total. The van der Waals surface area contributed by atoms with E-state index in [1.165, 1.54) is 0 Å². The second-order valence-electron chi connectivity index (χ2n) is 11.4. The SMILES string of the molecule is CC(C)(C)OC(=O)NC1CCC(=O)CC1.Cl.Cl.FC1(F)CCNC1.NC1CCC(N2CCC(F)(F)C2)CC1. The second-order valence-corrected chi connectivity index (χ2v) is 11.4. The van der Waals surface area contributed by atoms with E-state index in [1.807, 2.05) is 25.7 Å². The number of carbonyl (C=O) groups excluding carboxylic acids is 2. The molecule has 0 aromatic carbocycles. The number of amides is 1. The van der Waals surface area contributed by atoms with E-state index in [0.717, 1.165) is 38.5 Å². The van der Waals surface area contributed by atoms with Gasteiger partial charge in [-0.05, 0) is 59.3 Å². The van der Waals surface area contributed by atoms with Crippen molar-refractivity contribution >= 4 is 36.7 Å². The zero-order valence-corrected chi connectivity index (χ0v) is 24.3. The van der Waals surface area contributed by atoms with Gasteiger partial charge in [0.2, 0.25) is 0 Å². The van der Waals surface area contributed by atoms with Crippen LogP contribution >= 0.6 is 24.8 Å². The van der Waals surface area contributed by atoms with Crippen LogP contribution in [0.4, 0.5) is 22.4 Å². The molecule has 2 saturated heterocycles. The number of hydrogen-bond donors (Lipinski definition) is 3. The lowest BCUT2D eigenvalue weighted by Gasteiger charge is -2.33. The molecule has 2 aliphatic heterocycles. The van der Waals surface area contributed by atoms with Gasteiger partial charge in [0, 0.05) is 56.9 Å². The molecule has 4 rings (SSSR count). The van der Waals surface area contributed by atoms with Crippen LogP contribution in [0.2, 0.25) is 0 Å². The number of nitrogens with zero attached hydrogens (tertiary/aromatic N) is 1.